The van der Waals surface area contributed by atoms with E-state index in [0.717, 1.165) is 0 Å². The minimum Gasteiger partial charge on any atom is -0.480 e. The van der Waals surface area contributed by atoms with Crippen LogP contribution in [0.25, 0.3) is 10.4 Å². The van der Waals surface area contributed by atoms with E-state index in [1.807, 2.05) is 0 Å². The van der Waals surface area contributed by atoms with Crippen molar-refractivity contribution in [3.63, 3.8) is 0 Å². The predicted molar refractivity (Wildman–Crippen MR) is 46.8 cm³/mol. The van der Waals surface area contributed by atoms with Crippen molar-refractivity contribution in [2.45, 2.75) is 24.9 Å². The van der Waals surface area contributed by atoms with Crippen molar-refractivity contribution in [2.24, 2.45) is 16.6 Å². The van der Waals surface area contributed by atoms with Gasteiger partial charge in [-0.3, -0.25) is 4.79 Å². The number of carboxylic acid groups (broad SMARTS) is 1. The van der Waals surface area contributed by atoms with Gasteiger partial charge in [0.25, 0.3) is 0 Å². The van der Waals surface area contributed by atoms with Gasteiger partial charge < -0.3 is 16.6 Å². The molecule has 2 atom stereocenters. The lowest BCUT2D eigenvalue weighted by molar-refractivity contribution is -0.138. The molecule has 0 rings (SSSR count). The van der Waals surface area contributed by atoms with E-state index < -0.39 is 18.1 Å². The smallest absolute Gasteiger partial charge is 0.320 e. The number of carbonyl (C=O) groups is 1. The van der Waals surface area contributed by atoms with Gasteiger partial charge in [0.05, 0.1) is 0 Å². The summed E-state index contributed by atoms with van der Waals surface area (Å²) in [5.74, 6) is -1.10. The predicted octanol–water partition coefficient (Wildman–Crippen LogP) is -0.184. The number of nitrogens with zero attached hydrogens (tertiary/aromatic N) is 3. The Labute approximate surface area is 75.3 Å². The quantitative estimate of drug-likeness (QED) is 0.301. The van der Waals surface area contributed by atoms with Gasteiger partial charge in [-0.15, -0.1) is 0 Å². The molecule has 1 unspecified atom stereocenters. The van der Waals surface area contributed by atoms with Crippen LogP contribution >= 0.6 is 0 Å². The summed E-state index contributed by atoms with van der Waals surface area (Å²) in [6, 6.07) is -1.43. The largest absolute Gasteiger partial charge is 0.480 e. The zero-order chi connectivity index (χ0) is 10.3. The Balaban J connectivity index is 4.08. The standard InChI is InChI=1S/C6H13N5O2/c7-2-1-4(10-11-9)3-5(8)6(12)13/h4-5H,1-3,7-8H2,(H,12,13)/t4?,5-/m0/s1. The number of aliphatic carboxylic acids is 1. The number of carboxylic acids is 1. The molecule has 0 amide bonds. The maximum absolute atomic E-state index is 10.4. The van der Waals surface area contributed by atoms with Crippen LogP contribution in [-0.2, 0) is 4.79 Å². The molecule has 13 heavy (non-hydrogen) atoms. The van der Waals surface area contributed by atoms with Crippen molar-refractivity contribution in [3.8, 4) is 0 Å². The van der Waals surface area contributed by atoms with Gasteiger partial charge in [-0.05, 0) is 24.9 Å². The Morgan fingerprint density at radius 3 is 2.69 bits per heavy atom. The van der Waals surface area contributed by atoms with E-state index in [4.69, 9.17) is 22.1 Å². The first kappa shape index (κ1) is 11.7. The SMILES string of the molecule is [N-]=[N+]=NC(CCN)C[C@H](N)C(=O)O. The van der Waals surface area contributed by atoms with Gasteiger partial charge >= 0.3 is 5.97 Å². The molecule has 74 valence electrons. The van der Waals surface area contributed by atoms with Crippen molar-refractivity contribution in [1.29, 1.82) is 0 Å². The second-order valence-corrected chi connectivity index (χ2v) is 2.62. The van der Waals surface area contributed by atoms with Crippen LogP contribution in [0.3, 0.4) is 0 Å². The highest BCUT2D eigenvalue weighted by Crippen LogP contribution is 2.05. The Morgan fingerprint density at radius 2 is 2.31 bits per heavy atom. The fourth-order valence-electron chi connectivity index (χ4n) is 0.882. The van der Waals surface area contributed by atoms with E-state index in [9.17, 15) is 4.79 Å². The highest BCUT2D eigenvalue weighted by atomic mass is 16.4. The lowest BCUT2D eigenvalue weighted by Gasteiger charge is -2.12. The first-order valence-electron chi connectivity index (χ1n) is 3.84. The maximum atomic E-state index is 10.4. The third-order valence-electron chi connectivity index (χ3n) is 1.56. The molecule has 0 fully saturated rings. The normalized spacial score (nSPS) is 14.3. The lowest BCUT2D eigenvalue weighted by atomic mass is 10.1. The molecule has 0 aromatic rings. The summed E-state index contributed by atoms with van der Waals surface area (Å²) < 4.78 is 0. The second kappa shape index (κ2) is 6.24. The zero-order valence-electron chi connectivity index (χ0n) is 7.13. The van der Waals surface area contributed by atoms with E-state index >= 15 is 0 Å². The summed E-state index contributed by atoms with van der Waals surface area (Å²) in [5, 5.41) is 11.9. The van der Waals surface area contributed by atoms with Crippen molar-refractivity contribution in [3.05, 3.63) is 10.4 Å². The number of hydrogen-bond donors (Lipinski definition) is 3. The van der Waals surface area contributed by atoms with Gasteiger partial charge in [-0.1, -0.05) is 5.11 Å². The van der Waals surface area contributed by atoms with Crippen molar-refractivity contribution in [1.82, 2.24) is 0 Å². The van der Waals surface area contributed by atoms with Crippen LogP contribution in [0.4, 0.5) is 0 Å². The van der Waals surface area contributed by atoms with Crippen LogP contribution in [0.1, 0.15) is 12.8 Å². The van der Waals surface area contributed by atoms with E-state index in [-0.39, 0.29) is 6.42 Å². The average molecular weight is 187 g/mol. The summed E-state index contributed by atoms with van der Waals surface area (Å²) in [5.41, 5.74) is 18.6. The molecule has 0 saturated heterocycles. The summed E-state index contributed by atoms with van der Waals surface area (Å²) in [6.45, 7) is 0.343. The number of nitrogens with two attached hydrogens (primary N) is 2. The highest BCUT2D eigenvalue weighted by molar-refractivity contribution is 5.73. The molecular weight excluding hydrogens is 174 g/mol. The molecule has 0 aromatic carbocycles. The summed E-state index contributed by atoms with van der Waals surface area (Å²) in [7, 11) is 0. The van der Waals surface area contributed by atoms with E-state index in [1.54, 1.807) is 0 Å². The fourth-order valence-corrected chi connectivity index (χ4v) is 0.882. The fraction of sp³-hybridized carbons (Fsp3) is 0.833. The Hall–Kier alpha value is -1.30. The van der Waals surface area contributed by atoms with E-state index in [2.05, 4.69) is 10.0 Å². The summed E-state index contributed by atoms with van der Waals surface area (Å²) >= 11 is 0. The molecule has 0 aliphatic rings. The number of azide groups is 1. The van der Waals surface area contributed by atoms with Gasteiger partial charge in [0.2, 0.25) is 0 Å². The van der Waals surface area contributed by atoms with Crippen LogP contribution in [-0.4, -0.2) is 29.7 Å². The van der Waals surface area contributed by atoms with Crippen molar-refractivity contribution >= 4 is 5.97 Å². The molecule has 7 nitrogen and oxygen atoms in total. The Morgan fingerprint density at radius 1 is 1.69 bits per heavy atom. The second-order valence-electron chi connectivity index (χ2n) is 2.62. The first-order valence-corrected chi connectivity index (χ1v) is 3.84. The summed E-state index contributed by atoms with van der Waals surface area (Å²) in [6.07, 6.45) is 0.571. The number of hydrogen-bond acceptors (Lipinski definition) is 4. The molecule has 0 radical (unpaired) electrons. The van der Waals surface area contributed by atoms with E-state index in [0.29, 0.717) is 13.0 Å². The van der Waals surface area contributed by atoms with Crippen molar-refractivity contribution in [2.75, 3.05) is 6.54 Å². The Bertz CT molecular complexity index is 213. The van der Waals surface area contributed by atoms with Crippen LogP contribution in [0.15, 0.2) is 5.11 Å². The van der Waals surface area contributed by atoms with Gasteiger partial charge in [-0.25, -0.2) is 0 Å². The third-order valence-corrected chi connectivity index (χ3v) is 1.56. The van der Waals surface area contributed by atoms with E-state index in [1.165, 1.54) is 0 Å². The number of rotatable bonds is 6. The van der Waals surface area contributed by atoms with Crippen LogP contribution in [0.2, 0.25) is 0 Å². The van der Waals surface area contributed by atoms with Gasteiger partial charge in [-0.2, -0.15) is 0 Å². The van der Waals surface area contributed by atoms with Crippen molar-refractivity contribution < 1.29 is 9.90 Å². The Kier molecular flexibility index (Phi) is 5.62. The molecule has 0 bridgehead atoms. The van der Waals surface area contributed by atoms with Crippen LogP contribution < -0.4 is 11.5 Å². The minimum absolute atomic E-state index is 0.122. The molecule has 0 spiro atoms. The molecule has 7 heteroatoms. The molecular formula is C6H13N5O2. The molecule has 0 saturated carbocycles. The monoisotopic (exact) mass is 187 g/mol. The third kappa shape index (κ3) is 5.02. The molecule has 0 aliphatic heterocycles. The minimum atomic E-state index is -1.10. The zero-order valence-corrected chi connectivity index (χ0v) is 7.13. The topological polar surface area (TPSA) is 138 Å². The molecule has 0 heterocycles. The van der Waals surface area contributed by atoms with Gasteiger partial charge in [0.1, 0.15) is 6.04 Å². The highest BCUT2D eigenvalue weighted by Gasteiger charge is 2.16. The molecule has 0 aliphatic carbocycles. The lowest BCUT2D eigenvalue weighted by Crippen LogP contribution is -2.34. The first-order chi connectivity index (χ1) is 6.11. The van der Waals surface area contributed by atoms with Crippen LogP contribution in [0, 0.1) is 0 Å². The summed E-state index contributed by atoms with van der Waals surface area (Å²) in [4.78, 5) is 12.9. The van der Waals surface area contributed by atoms with Gasteiger partial charge in [0, 0.05) is 11.0 Å². The van der Waals surface area contributed by atoms with Gasteiger partial charge in [0.15, 0.2) is 0 Å². The maximum Gasteiger partial charge on any atom is 0.320 e. The average Bonchev–Trinajstić information content (AvgIpc) is 2.05. The molecule has 0 aromatic heterocycles. The molecule has 5 N–H and O–H groups in total. The van der Waals surface area contributed by atoms with Crippen LogP contribution in [0.5, 0.6) is 0 Å².